The Bertz CT molecular complexity index is 174. The molecule has 3 nitrogen and oxygen atoms in total. The van der Waals surface area contributed by atoms with Crippen molar-refractivity contribution in [2.45, 2.75) is 39.0 Å². The maximum Gasteiger partial charge on any atom is 0.0589 e. The molecule has 18 heavy (non-hydrogen) atoms. The van der Waals surface area contributed by atoms with Gasteiger partial charge in [-0.1, -0.05) is 25.8 Å². The minimum Gasteiger partial charge on any atom is -0.383 e. The molecule has 0 heterocycles. The second-order valence-corrected chi connectivity index (χ2v) is 4.75. The summed E-state index contributed by atoms with van der Waals surface area (Å²) in [5.74, 6) is 0. The largest absolute Gasteiger partial charge is 0.383 e. The average molecular weight is 256 g/mol. The number of unbranched alkanes of at least 4 members (excludes halogenated alkanes) is 3. The monoisotopic (exact) mass is 256 g/mol. The predicted molar refractivity (Wildman–Crippen MR) is 80.1 cm³/mol. The summed E-state index contributed by atoms with van der Waals surface area (Å²) in [6.07, 6.45) is 8.46. The van der Waals surface area contributed by atoms with Crippen molar-refractivity contribution in [1.29, 1.82) is 0 Å². The van der Waals surface area contributed by atoms with Crippen molar-refractivity contribution in [3.05, 3.63) is 12.7 Å². The van der Waals surface area contributed by atoms with Gasteiger partial charge in [0.1, 0.15) is 0 Å². The Kier molecular flexibility index (Phi) is 14.4. The molecular weight excluding hydrogens is 224 g/mol. The third-order valence-electron chi connectivity index (χ3n) is 3.00. The maximum absolute atomic E-state index is 5.12. The van der Waals surface area contributed by atoms with Crippen molar-refractivity contribution >= 4 is 0 Å². The van der Waals surface area contributed by atoms with Gasteiger partial charge in [-0.15, -0.1) is 6.58 Å². The number of methoxy groups -OCH3 is 1. The van der Waals surface area contributed by atoms with Crippen LogP contribution in [0.25, 0.3) is 0 Å². The van der Waals surface area contributed by atoms with E-state index in [-0.39, 0.29) is 0 Å². The molecule has 0 fully saturated rings. The van der Waals surface area contributed by atoms with Gasteiger partial charge in [0.2, 0.25) is 0 Å². The topological polar surface area (TPSA) is 24.5 Å². The molecule has 0 atom stereocenters. The van der Waals surface area contributed by atoms with Crippen LogP contribution >= 0.6 is 0 Å². The van der Waals surface area contributed by atoms with Gasteiger partial charge < -0.3 is 10.1 Å². The van der Waals surface area contributed by atoms with Gasteiger partial charge in [-0.3, -0.25) is 4.90 Å². The second-order valence-electron chi connectivity index (χ2n) is 4.75. The highest BCUT2D eigenvalue weighted by Crippen LogP contribution is 2.01. The zero-order valence-electron chi connectivity index (χ0n) is 12.4. The fourth-order valence-electron chi connectivity index (χ4n) is 1.94. The highest BCUT2D eigenvalue weighted by Gasteiger charge is 2.01. The fraction of sp³-hybridized carbons (Fsp3) is 0.867. The molecule has 1 N–H and O–H groups in total. The lowest BCUT2D eigenvalue weighted by molar-refractivity contribution is 0.153. The van der Waals surface area contributed by atoms with Gasteiger partial charge in [0.25, 0.3) is 0 Å². The second kappa shape index (κ2) is 14.7. The van der Waals surface area contributed by atoms with Crippen LogP contribution in [0.15, 0.2) is 12.7 Å². The predicted octanol–water partition coefficient (Wildman–Crippen LogP) is 2.68. The van der Waals surface area contributed by atoms with Gasteiger partial charge in [-0.2, -0.15) is 0 Å². The Labute approximate surface area is 114 Å². The number of hydrogen-bond acceptors (Lipinski definition) is 3. The summed E-state index contributed by atoms with van der Waals surface area (Å²) in [6, 6.07) is 0. The van der Waals surface area contributed by atoms with E-state index in [2.05, 4.69) is 23.7 Å². The van der Waals surface area contributed by atoms with Crippen molar-refractivity contribution < 1.29 is 4.74 Å². The Morgan fingerprint density at radius 3 is 2.56 bits per heavy atom. The van der Waals surface area contributed by atoms with Gasteiger partial charge in [0, 0.05) is 20.2 Å². The summed E-state index contributed by atoms with van der Waals surface area (Å²) in [6.45, 7) is 12.3. The van der Waals surface area contributed by atoms with Crippen molar-refractivity contribution in [2.24, 2.45) is 0 Å². The quantitative estimate of drug-likeness (QED) is 0.382. The summed E-state index contributed by atoms with van der Waals surface area (Å²) >= 11 is 0. The molecule has 0 aliphatic rings. The SMILES string of the molecule is C=CCN(CCCCCCNCCC)CCOC. The lowest BCUT2D eigenvalue weighted by atomic mass is 10.2. The number of rotatable bonds is 14. The maximum atomic E-state index is 5.12. The van der Waals surface area contributed by atoms with Crippen LogP contribution in [0.2, 0.25) is 0 Å². The number of nitrogens with one attached hydrogen (secondary N) is 1. The molecule has 0 aromatic rings. The van der Waals surface area contributed by atoms with Crippen molar-refractivity contribution in [3.8, 4) is 0 Å². The van der Waals surface area contributed by atoms with E-state index in [1.807, 2.05) is 6.08 Å². The Hall–Kier alpha value is -0.380. The molecule has 0 unspecified atom stereocenters. The van der Waals surface area contributed by atoms with Gasteiger partial charge in [0.05, 0.1) is 6.61 Å². The minimum absolute atomic E-state index is 0.814. The first-order valence-electron chi connectivity index (χ1n) is 7.38. The molecule has 0 saturated heterocycles. The van der Waals surface area contributed by atoms with Crippen LogP contribution < -0.4 is 5.32 Å². The van der Waals surface area contributed by atoms with E-state index < -0.39 is 0 Å². The Balaban J connectivity index is 3.34. The van der Waals surface area contributed by atoms with Crippen LogP contribution in [0.4, 0.5) is 0 Å². The van der Waals surface area contributed by atoms with Crippen molar-refractivity contribution in [2.75, 3.05) is 46.4 Å². The zero-order valence-corrected chi connectivity index (χ0v) is 12.4. The lowest BCUT2D eigenvalue weighted by Crippen LogP contribution is -2.28. The first-order valence-corrected chi connectivity index (χ1v) is 7.38. The molecule has 0 rings (SSSR count). The van der Waals surface area contributed by atoms with Crippen LogP contribution in [0.5, 0.6) is 0 Å². The van der Waals surface area contributed by atoms with Crippen LogP contribution in [-0.4, -0.2) is 51.3 Å². The van der Waals surface area contributed by atoms with Crippen LogP contribution in [0.3, 0.4) is 0 Å². The summed E-state index contributed by atoms with van der Waals surface area (Å²) in [7, 11) is 1.76. The van der Waals surface area contributed by atoms with E-state index >= 15 is 0 Å². The van der Waals surface area contributed by atoms with Crippen LogP contribution in [0.1, 0.15) is 39.0 Å². The van der Waals surface area contributed by atoms with Crippen LogP contribution in [-0.2, 0) is 4.74 Å². The average Bonchev–Trinajstić information content (AvgIpc) is 2.39. The summed E-state index contributed by atoms with van der Waals surface area (Å²) < 4.78 is 5.12. The minimum atomic E-state index is 0.814. The van der Waals surface area contributed by atoms with Gasteiger partial charge in [0.15, 0.2) is 0 Å². The molecular formula is C15H32N2O. The zero-order chi connectivity index (χ0) is 13.5. The Morgan fingerprint density at radius 2 is 1.89 bits per heavy atom. The van der Waals surface area contributed by atoms with E-state index in [4.69, 9.17) is 4.74 Å². The molecule has 0 saturated carbocycles. The van der Waals surface area contributed by atoms with Gasteiger partial charge in [-0.05, 0) is 38.9 Å². The number of ether oxygens (including phenoxy) is 1. The summed E-state index contributed by atoms with van der Waals surface area (Å²) in [4.78, 5) is 2.41. The van der Waals surface area contributed by atoms with E-state index in [0.29, 0.717) is 0 Å². The van der Waals surface area contributed by atoms with Crippen molar-refractivity contribution in [3.63, 3.8) is 0 Å². The Morgan fingerprint density at radius 1 is 1.11 bits per heavy atom. The molecule has 0 radical (unpaired) electrons. The molecule has 3 heteroatoms. The molecule has 0 aliphatic heterocycles. The highest BCUT2D eigenvalue weighted by molar-refractivity contribution is 4.73. The fourth-order valence-corrected chi connectivity index (χ4v) is 1.94. The molecule has 0 spiro atoms. The highest BCUT2D eigenvalue weighted by atomic mass is 16.5. The number of nitrogens with zero attached hydrogens (tertiary/aromatic N) is 1. The van der Waals surface area contributed by atoms with E-state index in [9.17, 15) is 0 Å². The van der Waals surface area contributed by atoms with Crippen molar-refractivity contribution in [1.82, 2.24) is 10.2 Å². The standard InChI is InChI=1S/C15H32N2O/c1-4-10-16-11-8-6-7-9-13-17(12-5-2)14-15-18-3/h5,16H,2,4,6-15H2,1,3H3. The van der Waals surface area contributed by atoms with Crippen LogP contribution in [0, 0.1) is 0 Å². The molecule has 0 aromatic heterocycles. The van der Waals surface area contributed by atoms with E-state index in [0.717, 1.165) is 32.8 Å². The molecule has 0 amide bonds. The first-order chi connectivity index (χ1) is 8.85. The molecule has 0 bridgehead atoms. The third-order valence-corrected chi connectivity index (χ3v) is 3.00. The van der Waals surface area contributed by atoms with Gasteiger partial charge >= 0.3 is 0 Å². The molecule has 108 valence electrons. The number of hydrogen-bond donors (Lipinski definition) is 1. The first kappa shape index (κ1) is 17.6. The lowest BCUT2D eigenvalue weighted by Gasteiger charge is -2.19. The summed E-state index contributed by atoms with van der Waals surface area (Å²) in [5, 5.41) is 3.44. The van der Waals surface area contributed by atoms with E-state index in [1.165, 1.54) is 38.6 Å². The molecule has 0 aromatic carbocycles. The van der Waals surface area contributed by atoms with E-state index in [1.54, 1.807) is 7.11 Å². The third kappa shape index (κ3) is 12.1. The normalized spacial score (nSPS) is 11.1. The summed E-state index contributed by atoms with van der Waals surface area (Å²) in [5.41, 5.74) is 0. The molecule has 0 aliphatic carbocycles. The van der Waals surface area contributed by atoms with Gasteiger partial charge in [-0.25, -0.2) is 0 Å². The smallest absolute Gasteiger partial charge is 0.0589 e.